The molecule has 1 aliphatic rings. The van der Waals surface area contributed by atoms with Gasteiger partial charge in [0.05, 0.1) is 18.7 Å². The predicted octanol–water partition coefficient (Wildman–Crippen LogP) is 0.416. The molecular weight excluding hydrogens is 288 g/mol. The van der Waals surface area contributed by atoms with Crippen LogP contribution in [0.4, 0.5) is 0 Å². The summed E-state index contributed by atoms with van der Waals surface area (Å²) < 4.78 is 6.69. The Labute approximate surface area is 116 Å². The Balaban J connectivity index is 2.11. The third kappa shape index (κ3) is 1.90. The van der Waals surface area contributed by atoms with Crippen molar-refractivity contribution >= 4 is 34.4 Å². The molecule has 7 nitrogen and oxygen atoms in total. The fraction of sp³-hybridized carbons (Fsp3) is 0.400. The number of aromatic nitrogens is 3. The van der Waals surface area contributed by atoms with Crippen molar-refractivity contribution in [3.63, 3.8) is 0 Å². The first-order valence-electron chi connectivity index (χ1n) is 5.55. The lowest BCUT2D eigenvalue weighted by Gasteiger charge is -2.13. The van der Waals surface area contributed by atoms with E-state index in [0.717, 1.165) is 0 Å². The van der Waals surface area contributed by atoms with Gasteiger partial charge in [0.15, 0.2) is 3.95 Å². The Morgan fingerprint density at radius 1 is 1.53 bits per heavy atom. The summed E-state index contributed by atoms with van der Waals surface area (Å²) in [5, 5.41) is 2.75. The average molecular weight is 298 g/mol. The summed E-state index contributed by atoms with van der Waals surface area (Å²) >= 11 is 6.14. The third-order valence-electron chi connectivity index (χ3n) is 2.94. The Bertz CT molecular complexity index is 775. The van der Waals surface area contributed by atoms with Gasteiger partial charge >= 0.3 is 0 Å². The molecule has 0 radical (unpaired) electrons. The van der Waals surface area contributed by atoms with Crippen molar-refractivity contribution in [2.75, 3.05) is 20.3 Å². The molecule has 19 heavy (non-hydrogen) atoms. The quantitative estimate of drug-likeness (QED) is 0.831. The minimum atomic E-state index is -0.263. The summed E-state index contributed by atoms with van der Waals surface area (Å²) in [7, 11) is 1.57. The van der Waals surface area contributed by atoms with Crippen molar-refractivity contribution in [2.45, 2.75) is 6.54 Å². The molecule has 1 aliphatic heterocycles. The van der Waals surface area contributed by atoms with E-state index in [1.807, 2.05) is 0 Å². The van der Waals surface area contributed by atoms with Crippen LogP contribution in [-0.4, -0.2) is 45.7 Å². The normalized spacial score (nSPS) is 14.4. The molecule has 9 heteroatoms. The van der Waals surface area contributed by atoms with Crippen LogP contribution in [0.15, 0.2) is 4.79 Å². The molecule has 3 rings (SSSR count). The number of carbonyl (C=O) groups is 1. The van der Waals surface area contributed by atoms with Gasteiger partial charge in [0, 0.05) is 13.7 Å². The van der Waals surface area contributed by atoms with E-state index < -0.39 is 0 Å². The van der Waals surface area contributed by atoms with Crippen molar-refractivity contribution < 1.29 is 9.53 Å². The Hall–Kier alpha value is -1.58. The highest BCUT2D eigenvalue weighted by Gasteiger charge is 2.32. The van der Waals surface area contributed by atoms with E-state index >= 15 is 0 Å². The Morgan fingerprint density at radius 2 is 2.32 bits per heavy atom. The van der Waals surface area contributed by atoms with E-state index in [1.165, 1.54) is 15.9 Å². The molecule has 0 spiro atoms. The lowest BCUT2D eigenvalue weighted by Crippen LogP contribution is -2.28. The molecule has 0 saturated heterocycles. The van der Waals surface area contributed by atoms with Crippen LogP contribution in [0.3, 0.4) is 0 Å². The van der Waals surface area contributed by atoms with Gasteiger partial charge in [-0.2, -0.15) is 4.52 Å². The van der Waals surface area contributed by atoms with Gasteiger partial charge in [-0.1, -0.05) is 11.3 Å². The number of H-pyrrole nitrogens is 1. The van der Waals surface area contributed by atoms with Crippen LogP contribution >= 0.6 is 23.6 Å². The molecule has 0 unspecified atom stereocenters. The highest BCUT2D eigenvalue weighted by molar-refractivity contribution is 7.73. The number of carbonyl (C=O) groups excluding carboxylic acids is 1. The van der Waals surface area contributed by atoms with Crippen LogP contribution in [-0.2, 0) is 11.3 Å². The second-order valence-corrected chi connectivity index (χ2v) is 5.73. The van der Waals surface area contributed by atoms with Gasteiger partial charge < -0.3 is 9.64 Å². The first-order chi connectivity index (χ1) is 9.11. The summed E-state index contributed by atoms with van der Waals surface area (Å²) in [4.78, 5) is 30.6. The Kier molecular flexibility index (Phi) is 2.96. The monoisotopic (exact) mass is 298 g/mol. The molecule has 2 aromatic heterocycles. The molecule has 0 bridgehead atoms. The van der Waals surface area contributed by atoms with Crippen LogP contribution in [0, 0.1) is 3.95 Å². The highest BCUT2D eigenvalue weighted by atomic mass is 32.1. The van der Waals surface area contributed by atoms with Crippen LogP contribution < -0.4 is 5.56 Å². The van der Waals surface area contributed by atoms with Crippen LogP contribution in [0.5, 0.6) is 0 Å². The van der Waals surface area contributed by atoms with E-state index in [2.05, 4.69) is 10.1 Å². The van der Waals surface area contributed by atoms with Crippen LogP contribution in [0.25, 0.3) is 4.96 Å². The van der Waals surface area contributed by atoms with E-state index in [4.69, 9.17) is 17.0 Å². The lowest BCUT2D eigenvalue weighted by atomic mass is 10.3. The minimum absolute atomic E-state index is 0.228. The van der Waals surface area contributed by atoms with Crippen molar-refractivity contribution in [2.24, 2.45) is 0 Å². The maximum absolute atomic E-state index is 12.2. The average Bonchev–Trinajstić information content (AvgIpc) is 2.90. The molecule has 0 aromatic carbocycles. The van der Waals surface area contributed by atoms with Crippen molar-refractivity contribution in [3.8, 4) is 0 Å². The molecule has 100 valence electrons. The van der Waals surface area contributed by atoms with E-state index in [9.17, 15) is 9.59 Å². The van der Waals surface area contributed by atoms with Crippen molar-refractivity contribution in [1.29, 1.82) is 0 Å². The first-order valence-corrected chi connectivity index (χ1v) is 6.77. The second-order valence-electron chi connectivity index (χ2n) is 4.08. The molecule has 3 heterocycles. The summed E-state index contributed by atoms with van der Waals surface area (Å²) in [5.41, 5.74) is 0.370. The number of nitrogens with zero attached hydrogens (tertiary/aromatic N) is 3. The smallest absolute Gasteiger partial charge is 0.279 e. The molecule has 0 atom stereocenters. The predicted molar refractivity (Wildman–Crippen MR) is 71.1 cm³/mol. The van der Waals surface area contributed by atoms with Crippen molar-refractivity contribution in [3.05, 3.63) is 25.6 Å². The number of amides is 1. The zero-order valence-corrected chi connectivity index (χ0v) is 11.6. The van der Waals surface area contributed by atoms with Gasteiger partial charge in [-0.15, -0.1) is 0 Å². The van der Waals surface area contributed by atoms with Gasteiger partial charge in [0.2, 0.25) is 4.96 Å². The highest BCUT2D eigenvalue weighted by Crippen LogP contribution is 2.19. The molecule has 1 N–H and O–H groups in total. The topological polar surface area (TPSA) is 79.7 Å². The van der Waals surface area contributed by atoms with E-state index in [0.29, 0.717) is 27.6 Å². The number of aromatic amines is 1. The zero-order chi connectivity index (χ0) is 13.6. The zero-order valence-electron chi connectivity index (χ0n) is 10.0. The summed E-state index contributed by atoms with van der Waals surface area (Å²) in [6.45, 7) is 1.14. The van der Waals surface area contributed by atoms with E-state index in [-0.39, 0.29) is 23.7 Å². The maximum atomic E-state index is 12.2. The maximum Gasteiger partial charge on any atom is 0.279 e. The summed E-state index contributed by atoms with van der Waals surface area (Å²) in [6, 6.07) is 0. The first kappa shape index (κ1) is 12.5. The number of hydrogen-bond donors (Lipinski definition) is 1. The van der Waals surface area contributed by atoms with Gasteiger partial charge in [-0.05, 0) is 12.2 Å². The number of nitrogens with one attached hydrogen (secondary N) is 1. The number of rotatable bonds is 3. The van der Waals surface area contributed by atoms with Gasteiger partial charge in [-0.25, -0.2) is 4.98 Å². The molecule has 2 aromatic rings. The summed E-state index contributed by atoms with van der Waals surface area (Å²) in [5.74, 6) is -0.231. The third-order valence-corrected chi connectivity index (χ3v) is 4.01. The molecule has 1 amide bonds. The fourth-order valence-electron chi connectivity index (χ4n) is 2.01. The molecular formula is C10H10N4O3S2. The molecule has 0 saturated carbocycles. The van der Waals surface area contributed by atoms with Gasteiger partial charge in [0.25, 0.3) is 11.5 Å². The number of fused-ring (bicyclic) bond motifs is 2. The molecule has 0 fully saturated rings. The number of hydrogen-bond acceptors (Lipinski definition) is 6. The Morgan fingerprint density at radius 3 is 3.05 bits per heavy atom. The van der Waals surface area contributed by atoms with Gasteiger partial charge in [-0.3, -0.25) is 14.7 Å². The van der Waals surface area contributed by atoms with Gasteiger partial charge in [0.1, 0.15) is 5.69 Å². The molecule has 0 aliphatic carbocycles. The van der Waals surface area contributed by atoms with Crippen molar-refractivity contribution in [1.82, 2.24) is 19.5 Å². The largest absolute Gasteiger partial charge is 0.383 e. The lowest BCUT2D eigenvalue weighted by molar-refractivity contribution is 0.0715. The standard InChI is InChI=1S/C10H10N4O3S2/c1-17-3-2-13-4-5-6(8(13)16)11-9-14(7(5)15)12-10(18)19-9/h2-4H2,1H3,(H,12,18). The van der Waals surface area contributed by atoms with Crippen LogP contribution in [0.2, 0.25) is 0 Å². The summed E-state index contributed by atoms with van der Waals surface area (Å²) in [6.07, 6.45) is 0. The van der Waals surface area contributed by atoms with Crippen LogP contribution in [0.1, 0.15) is 16.1 Å². The fourth-order valence-corrected chi connectivity index (χ4v) is 2.99. The number of methoxy groups -OCH3 is 1. The van der Waals surface area contributed by atoms with E-state index in [1.54, 1.807) is 12.0 Å². The second kappa shape index (κ2) is 4.51. The number of ether oxygens (including phenoxy) is 1. The SMILES string of the molecule is COCCN1Cc2c(nc3sc(=S)[nH]n3c2=O)C1=O. The minimum Gasteiger partial charge on any atom is -0.383 e.